The van der Waals surface area contributed by atoms with E-state index in [9.17, 15) is 18.0 Å². The fourth-order valence-corrected chi connectivity index (χ4v) is 2.73. The number of halogens is 3. The van der Waals surface area contributed by atoms with Gasteiger partial charge in [0.2, 0.25) is 0 Å². The molecule has 2 aromatic heterocycles. The van der Waals surface area contributed by atoms with Gasteiger partial charge in [0.25, 0.3) is 5.91 Å². The maximum absolute atomic E-state index is 13.0. The van der Waals surface area contributed by atoms with E-state index in [1.54, 1.807) is 0 Å². The molecule has 142 valence electrons. The smallest absolute Gasteiger partial charge is 0.345 e. The number of nitrogens with one attached hydrogen (secondary N) is 3. The number of carbonyl (C=O) groups is 1. The summed E-state index contributed by atoms with van der Waals surface area (Å²) < 4.78 is 38.9. The Balaban J connectivity index is 1.63. The first-order valence-electron chi connectivity index (χ1n) is 8.07. The largest absolute Gasteiger partial charge is 0.408 e. The second kappa shape index (κ2) is 7.56. The molecule has 0 bridgehead atoms. The zero-order chi connectivity index (χ0) is 19.4. The van der Waals surface area contributed by atoms with E-state index in [1.165, 1.54) is 36.9 Å². The highest BCUT2D eigenvalue weighted by Gasteiger charge is 2.46. The lowest BCUT2D eigenvalue weighted by Gasteiger charge is -2.27. The Labute approximate surface area is 152 Å². The molecule has 0 spiro atoms. The summed E-state index contributed by atoms with van der Waals surface area (Å²) in [7, 11) is 0. The van der Waals surface area contributed by atoms with E-state index in [4.69, 9.17) is 5.41 Å². The van der Waals surface area contributed by atoms with Crippen LogP contribution in [-0.4, -0.2) is 55.3 Å². The Morgan fingerprint density at radius 2 is 2.22 bits per heavy atom. The molecule has 3 heterocycles. The Kier molecular flexibility index (Phi) is 5.19. The second-order valence-corrected chi connectivity index (χ2v) is 5.84. The highest BCUT2D eigenvalue weighted by molar-refractivity contribution is 6.02. The molecule has 0 radical (unpaired) electrons. The zero-order valence-electron chi connectivity index (χ0n) is 14.0. The Bertz CT molecular complexity index is 847. The Morgan fingerprint density at radius 1 is 1.41 bits per heavy atom. The molecule has 0 aromatic carbocycles. The first-order valence-corrected chi connectivity index (χ1v) is 8.07. The molecule has 1 fully saturated rings. The van der Waals surface area contributed by atoms with Crippen molar-refractivity contribution >= 4 is 23.6 Å². The summed E-state index contributed by atoms with van der Waals surface area (Å²) in [4.78, 5) is 27.4. The van der Waals surface area contributed by atoms with Gasteiger partial charge in [-0.25, -0.2) is 15.0 Å². The molecule has 1 aliphatic rings. The molecule has 0 saturated carbocycles. The van der Waals surface area contributed by atoms with Gasteiger partial charge in [-0.2, -0.15) is 13.2 Å². The van der Waals surface area contributed by atoms with Crippen molar-refractivity contribution in [3.8, 4) is 0 Å². The van der Waals surface area contributed by atoms with Crippen LogP contribution in [0, 0.1) is 5.41 Å². The van der Waals surface area contributed by atoms with E-state index in [2.05, 4.69) is 25.3 Å². The van der Waals surface area contributed by atoms with Crippen molar-refractivity contribution in [3.63, 3.8) is 0 Å². The molecule has 2 aromatic rings. The van der Waals surface area contributed by atoms with Crippen LogP contribution in [0.5, 0.6) is 0 Å². The molecular weight excluding hydrogens is 363 g/mol. The lowest BCUT2D eigenvalue weighted by Crippen LogP contribution is -2.43. The quantitative estimate of drug-likeness (QED) is 0.558. The van der Waals surface area contributed by atoms with Crippen LogP contribution in [0.25, 0.3) is 6.08 Å². The topological polar surface area (TPSA) is 111 Å². The molecule has 3 rings (SSSR count). The molecule has 27 heavy (non-hydrogen) atoms. The van der Waals surface area contributed by atoms with Crippen LogP contribution in [0.2, 0.25) is 0 Å². The Morgan fingerprint density at radius 3 is 2.93 bits per heavy atom. The highest BCUT2D eigenvalue weighted by Crippen LogP contribution is 2.32. The lowest BCUT2D eigenvalue weighted by atomic mass is 10.2. The van der Waals surface area contributed by atoms with Crippen LogP contribution < -0.4 is 5.32 Å². The number of alkyl halides is 3. The lowest BCUT2D eigenvalue weighted by molar-refractivity contribution is -0.166. The summed E-state index contributed by atoms with van der Waals surface area (Å²) in [6, 6.07) is -0.121. The number of hydrogen-bond donors (Lipinski definition) is 3. The number of rotatable bonds is 4. The van der Waals surface area contributed by atoms with Crippen LogP contribution >= 0.6 is 0 Å². The van der Waals surface area contributed by atoms with Gasteiger partial charge in [-0.15, -0.1) is 0 Å². The molecule has 11 heteroatoms. The predicted molar refractivity (Wildman–Crippen MR) is 91.1 cm³/mol. The molecule has 0 aliphatic carbocycles. The summed E-state index contributed by atoms with van der Waals surface area (Å²) >= 11 is 0. The number of H-pyrrole nitrogens is 1. The van der Waals surface area contributed by atoms with E-state index in [-0.39, 0.29) is 30.3 Å². The summed E-state index contributed by atoms with van der Waals surface area (Å²) in [5.41, 5.74) is 0.147. The Hall–Kier alpha value is -3.24. The van der Waals surface area contributed by atoms with Crippen molar-refractivity contribution in [2.24, 2.45) is 0 Å². The van der Waals surface area contributed by atoms with Crippen molar-refractivity contribution < 1.29 is 18.0 Å². The van der Waals surface area contributed by atoms with Gasteiger partial charge in [-0.3, -0.25) is 10.2 Å². The minimum atomic E-state index is -4.37. The number of aromatic amines is 1. The summed E-state index contributed by atoms with van der Waals surface area (Å²) in [6.45, 7) is 0.179. The van der Waals surface area contributed by atoms with Crippen LogP contribution in [0.4, 0.5) is 19.0 Å². The number of likely N-dealkylation sites (tertiary alicyclic amines) is 1. The number of nitrogens with zero attached hydrogens (tertiary/aromatic N) is 4. The maximum atomic E-state index is 13.0. The van der Waals surface area contributed by atoms with Crippen molar-refractivity contribution in [1.29, 1.82) is 5.41 Å². The average Bonchev–Trinajstić information content (AvgIpc) is 3.30. The van der Waals surface area contributed by atoms with Crippen molar-refractivity contribution in [3.05, 3.63) is 42.4 Å². The van der Waals surface area contributed by atoms with Gasteiger partial charge in [0, 0.05) is 12.7 Å². The second-order valence-electron chi connectivity index (χ2n) is 5.84. The van der Waals surface area contributed by atoms with Crippen LogP contribution in [0.1, 0.15) is 29.2 Å². The van der Waals surface area contributed by atoms with Crippen molar-refractivity contribution in [1.82, 2.24) is 24.8 Å². The van der Waals surface area contributed by atoms with E-state index in [0.717, 1.165) is 4.90 Å². The number of amides is 1. The van der Waals surface area contributed by atoms with Gasteiger partial charge in [-0.1, -0.05) is 0 Å². The van der Waals surface area contributed by atoms with Gasteiger partial charge < -0.3 is 15.2 Å². The molecule has 1 amide bonds. The van der Waals surface area contributed by atoms with Crippen molar-refractivity contribution in [2.75, 3.05) is 11.9 Å². The number of amidine groups is 1. The average molecular weight is 379 g/mol. The first kappa shape index (κ1) is 18.5. The molecule has 1 aliphatic heterocycles. The third-order valence-corrected chi connectivity index (χ3v) is 4.00. The van der Waals surface area contributed by atoms with Crippen LogP contribution in [-0.2, 0) is 0 Å². The van der Waals surface area contributed by atoms with Crippen LogP contribution in [0.3, 0.4) is 0 Å². The number of anilines is 1. The van der Waals surface area contributed by atoms with E-state index >= 15 is 0 Å². The van der Waals surface area contributed by atoms with E-state index in [0.29, 0.717) is 12.2 Å². The molecule has 1 unspecified atom stereocenters. The van der Waals surface area contributed by atoms with E-state index in [1.807, 2.05) is 0 Å². The SMILES string of the molecule is N=C(C=Cc1ncc(C(=O)Nc2ccncn2)[nH]1)N1CCCC1C(F)(F)F. The van der Waals surface area contributed by atoms with Gasteiger partial charge in [0.1, 0.15) is 35.5 Å². The minimum Gasteiger partial charge on any atom is -0.345 e. The molecule has 3 N–H and O–H groups in total. The zero-order valence-corrected chi connectivity index (χ0v) is 14.0. The van der Waals surface area contributed by atoms with E-state index < -0.39 is 18.1 Å². The fraction of sp³-hybridized carbons (Fsp3) is 0.312. The highest BCUT2D eigenvalue weighted by atomic mass is 19.4. The first-order chi connectivity index (χ1) is 12.8. The number of aromatic nitrogens is 4. The normalized spacial score (nSPS) is 17.4. The fourth-order valence-electron chi connectivity index (χ4n) is 2.73. The summed E-state index contributed by atoms with van der Waals surface area (Å²) in [6.07, 6.45) is 2.63. The standard InChI is InChI=1S/C16H16F3N7O/c17-16(18,19)11-2-1-7-26(11)12(20)3-4-13-22-8-10(24-13)15(27)25-14-5-6-21-9-23-14/h3-6,8-9,11,20H,1-2,7H2,(H,22,24)(H,21,23,25,27). The molecule has 1 saturated heterocycles. The molecule has 1 atom stereocenters. The summed E-state index contributed by atoms with van der Waals surface area (Å²) in [5, 5.41) is 10.4. The molecular formula is C16H16F3N7O. The molecule has 8 nitrogen and oxygen atoms in total. The number of hydrogen-bond acceptors (Lipinski definition) is 5. The number of carbonyl (C=O) groups excluding carboxylic acids is 1. The third-order valence-electron chi connectivity index (χ3n) is 4.00. The maximum Gasteiger partial charge on any atom is 0.408 e. The predicted octanol–water partition coefficient (Wildman–Crippen LogP) is 2.47. The van der Waals surface area contributed by atoms with Crippen LogP contribution in [0.15, 0.2) is 30.9 Å². The number of imidazole rings is 1. The third kappa shape index (κ3) is 4.49. The summed E-state index contributed by atoms with van der Waals surface area (Å²) in [5.74, 6) is -0.170. The van der Waals surface area contributed by atoms with Gasteiger partial charge in [0.05, 0.1) is 6.20 Å². The minimum absolute atomic E-state index is 0.0200. The van der Waals surface area contributed by atoms with Gasteiger partial charge in [0.15, 0.2) is 0 Å². The van der Waals surface area contributed by atoms with Crippen molar-refractivity contribution in [2.45, 2.75) is 25.1 Å². The van der Waals surface area contributed by atoms with Gasteiger partial charge in [-0.05, 0) is 31.1 Å². The van der Waals surface area contributed by atoms with Gasteiger partial charge >= 0.3 is 6.18 Å². The monoisotopic (exact) mass is 379 g/mol.